The number of morpholine rings is 1. The smallest absolute Gasteiger partial charge is 0.275 e. The van der Waals surface area contributed by atoms with E-state index in [1.165, 1.54) is 0 Å². The first kappa shape index (κ1) is 17.5. The molecule has 1 spiro atoms. The van der Waals surface area contributed by atoms with Crippen LogP contribution in [0.3, 0.4) is 0 Å². The molecule has 1 aromatic carbocycles. The van der Waals surface area contributed by atoms with Crippen molar-refractivity contribution >= 4 is 26.5 Å². The Morgan fingerprint density at radius 2 is 2.15 bits per heavy atom. The third-order valence-electron chi connectivity index (χ3n) is 5.33. The van der Waals surface area contributed by atoms with Crippen molar-refractivity contribution in [3.8, 4) is 0 Å². The van der Waals surface area contributed by atoms with Crippen LogP contribution in [-0.2, 0) is 14.5 Å². The van der Waals surface area contributed by atoms with Gasteiger partial charge in [0.15, 0.2) is 5.69 Å². The molecule has 1 amide bonds. The fraction of sp³-hybridized carbons (Fsp3) is 0.556. The number of nitrogens with zero attached hydrogens (tertiary/aromatic N) is 3. The zero-order valence-corrected chi connectivity index (χ0v) is 15.8. The van der Waals surface area contributed by atoms with Gasteiger partial charge >= 0.3 is 0 Å². The molecule has 3 heterocycles. The van der Waals surface area contributed by atoms with Crippen molar-refractivity contribution in [1.29, 1.82) is 0 Å². The summed E-state index contributed by atoms with van der Waals surface area (Å²) in [6, 6.07) is 7.64. The second kappa shape index (κ2) is 6.66. The highest BCUT2D eigenvalue weighted by Crippen LogP contribution is 2.32. The molecular weight excluding hydrogens is 352 g/mol. The summed E-state index contributed by atoms with van der Waals surface area (Å²) < 4.78 is 23.0. The van der Waals surface area contributed by atoms with Gasteiger partial charge in [-0.05, 0) is 25.8 Å². The molecular formula is C18H24N4O3S. The Balaban J connectivity index is 1.53. The second-order valence-corrected chi connectivity index (χ2v) is 9.62. The van der Waals surface area contributed by atoms with Crippen molar-refractivity contribution in [1.82, 2.24) is 15.1 Å². The number of fused-ring (bicyclic) bond motifs is 1. The van der Waals surface area contributed by atoms with Gasteiger partial charge in [-0.25, -0.2) is 8.57 Å². The first-order valence-corrected chi connectivity index (χ1v) is 10.9. The van der Waals surface area contributed by atoms with Crippen LogP contribution in [-0.4, -0.2) is 68.6 Å². The highest BCUT2D eigenvalue weighted by Gasteiger charge is 2.42. The number of amides is 1. The second-order valence-electron chi connectivity index (χ2n) is 7.00. The number of ether oxygens (including phenoxy) is 1. The van der Waals surface area contributed by atoms with Crippen LogP contribution in [0.5, 0.6) is 0 Å². The SMILES string of the molecule is CCN=S1(=O)CCC2(CC1)CN(C(=O)c1n[nH]c3ccccc13)CCO2. The highest BCUT2D eigenvalue weighted by molar-refractivity contribution is 7.93. The minimum atomic E-state index is -2.10. The lowest BCUT2D eigenvalue weighted by Crippen LogP contribution is -2.56. The average Bonchev–Trinajstić information content (AvgIpc) is 3.09. The number of carbonyl (C=O) groups excluding carboxylic acids is 1. The number of nitrogens with one attached hydrogen (secondary N) is 1. The van der Waals surface area contributed by atoms with Crippen LogP contribution >= 0.6 is 0 Å². The lowest BCUT2D eigenvalue weighted by molar-refractivity contribution is -0.104. The van der Waals surface area contributed by atoms with Crippen LogP contribution in [0, 0.1) is 0 Å². The normalized spacial score (nSPS) is 29.2. The van der Waals surface area contributed by atoms with Crippen molar-refractivity contribution in [2.24, 2.45) is 4.36 Å². The fourth-order valence-corrected chi connectivity index (χ4v) is 6.19. The van der Waals surface area contributed by atoms with Gasteiger partial charge in [0.1, 0.15) is 0 Å². The molecule has 2 aliphatic heterocycles. The summed E-state index contributed by atoms with van der Waals surface area (Å²) in [5, 5.41) is 8.00. The van der Waals surface area contributed by atoms with Gasteiger partial charge in [0.2, 0.25) is 0 Å². The summed E-state index contributed by atoms with van der Waals surface area (Å²) in [6.45, 7) is 4.08. The fourth-order valence-electron chi connectivity index (χ4n) is 3.88. The maximum absolute atomic E-state index is 13.0. The quantitative estimate of drug-likeness (QED) is 0.869. The molecule has 0 unspecified atom stereocenters. The standard InChI is InChI=1S/C18H24N4O3S/c1-2-19-26(24)11-7-18(8-12-26)13-22(9-10-25-18)17(23)16-14-5-3-4-6-15(14)20-21-16/h3-6H,2,7-13H2,1H3,(H,20,21). The van der Waals surface area contributed by atoms with E-state index in [-0.39, 0.29) is 5.91 Å². The van der Waals surface area contributed by atoms with Crippen LogP contribution < -0.4 is 0 Å². The predicted molar refractivity (Wildman–Crippen MR) is 101 cm³/mol. The monoisotopic (exact) mass is 376 g/mol. The van der Waals surface area contributed by atoms with Crippen molar-refractivity contribution in [2.75, 3.05) is 37.7 Å². The molecule has 2 fully saturated rings. The number of aromatic nitrogens is 2. The molecule has 8 heteroatoms. The largest absolute Gasteiger partial charge is 0.371 e. The zero-order chi connectivity index (χ0) is 18.2. The minimum Gasteiger partial charge on any atom is -0.371 e. The summed E-state index contributed by atoms with van der Waals surface area (Å²) in [5.41, 5.74) is 0.917. The number of H-pyrrole nitrogens is 1. The summed E-state index contributed by atoms with van der Waals surface area (Å²) in [7, 11) is -2.10. The van der Waals surface area contributed by atoms with Crippen molar-refractivity contribution in [3.63, 3.8) is 0 Å². The van der Waals surface area contributed by atoms with Gasteiger partial charge in [-0.3, -0.25) is 9.89 Å². The van der Waals surface area contributed by atoms with E-state index in [2.05, 4.69) is 14.6 Å². The van der Waals surface area contributed by atoms with Gasteiger partial charge in [-0.15, -0.1) is 0 Å². The molecule has 4 rings (SSSR count). The van der Waals surface area contributed by atoms with Gasteiger partial charge in [0.05, 0.1) is 24.3 Å². The zero-order valence-electron chi connectivity index (χ0n) is 14.9. The summed E-state index contributed by atoms with van der Waals surface area (Å²) >= 11 is 0. The number of carbonyl (C=O) groups is 1. The van der Waals surface area contributed by atoms with Gasteiger partial charge in [-0.1, -0.05) is 18.2 Å². The van der Waals surface area contributed by atoms with Crippen molar-refractivity contribution in [2.45, 2.75) is 25.4 Å². The first-order valence-electron chi connectivity index (χ1n) is 9.09. The Hall–Kier alpha value is -1.93. The van der Waals surface area contributed by atoms with Crippen molar-refractivity contribution < 1.29 is 13.7 Å². The molecule has 2 aromatic rings. The Morgan fingerprint density at radius 1 is 1.38 bits per heavy atom. The maximum Gasteiger partial charge on any atom is 0.275 e. The molecule has 0 bridgehead atoms. The van der Waals surface area contributed by atoms with Crippen LogP contribution in [0.15, 0.2) is 28.6 Å². The highest BCUT2D eigenvalue weighted by atomic mass is 32.2. The molecule has 140 valence electrons. The lowest BCUT2D eigenvalue weighted by atomic mass is 9.94. The van der Waals surface area contributed by atoms with Crippen LogP contribution in [0.2, 0.25) is 0 Å². The molecule has 0 aliphatic carbocycles. The number of para-hydroxylation sites is 1. The number of benzene rings is 1. The number of hydrogen-bond donors (Lipinski definition) is 1. The van der Waals surface area contributed by atoms with E-state index < -0.39 is 15.3 Å². The van der Waals surface area contributed by atoms with Crippen LogP contribution in [0.4, 0.5) is 0 Å². The molecule has 1 N–H and O–H groups in total. The van der Waals surface area contributed by atoms with Gasteiger partial charge in [0.25, 0.3) is 5.91 Å². The van der Waals surface area contributed by atoms with E-state index >= 15 is 0 Å². The molecule has 2 aliphatic rings. The van der Waals surface area contributed by atoms with E-state index in [9.17, 15) is 9.00 Å². The molecule has 2 saturated heterocycles. The van der Waals surface area contributed by atoms with Gasteiger partial charge in [-0.2, -0.15) is 5.10 Å². The van der Waals surface area contributed by atoms with Crippen LogP contribution in [0.1, 0.15) is 30.3 Å². The third kappa shape index (κ3) is 3.12. The molecule has 0 atom stereocenters. The summed E-state index contributed by atoms with van der Waals surface area (Å²) in [6.07, 6.45) is 1.36. The minimum absolute atomic E-state index is 0.0744. The summed E-state index contributed by atoms with van der Waals surface area (Å²) in [4.78, 5) is 14.9. The van der Waals surface area contributed by atoms with E-state index in [1.54, 1.807) is 0 Å². The van der Waals surface area contributed by atoms with E-state index in [0.717, 1.165) is 10.9 Å². The molecule has 0 radical (unpaired) electrons. The van der Waals surface area contributed by atoms with E-state index in [4.69, 9.17) is 4.74 Å². The van der Waals surface area contributed by atoms with Crippen molar-refractivity contribution in [3.05, 3.63) is 30.0 Å². The van der Waals surface area contributed by atoms with E-state index in [1.807, 2.05) is 36.1 Å². The molecule has 1 aromatic heterocycles. The number of aromatic amines is 1. The third-order valence-corrected chi connectivity index (χ3v) is 7.74. The first-order chi connectivity index (χ1) is 12.5. The Morgan fingerprint density at radius 3 is 2.92 bits per heavy atom. The topological polar surface area (TPSA) is 87.7 Å². The summed E-state index contributed by atoms with van der Waals surface area (Å²) in [5.74, 6) is 1.03. The molecule has 0 saturated carbocycles. The van der Waals surface area contributed by atoms with E-state index in [0.29, 0.717) is 56.3 Å². The maximum atomic E-state index is 13.0. The molecule has 26 heavy (non-hydrogen) atoms. The Bertz CT molecular complexity index is 931. The lowest BCUT2D eigenvalue weighted by Gasteiger charge is -2.45. The Kier molecular flexibility index (Phi) is 4.48. The average molecular weight is 376 g/mol. The van der Waals surface area contributed by atoms with Gasteiger partial charge in [0, 0.05) is 39.7 Å². The van der Waals surface area contributed by atoms with Crippen LogP contribution in [0.25, 0.3) is 10.9 Å². The Labute approximate surface area is 153 Å². The number of hydrogen-bond acceptors (Lipinski definition) is 5. The molecule has 7 nitrogen and oxygen atoms in total. The number of rotatable bonds is 2. The van der Waals surface area contributed by atoms with Gasteiger partial charge < -0.3 is 9.64 Å². The predicted octanol–water partition coefficient (Wildman–Crippen LogP) is 2.06.